The lowest BCUT2D eigenvalue weighted by atomic mass is 10.1. The van der Waals surface area contributed by atoms with Crippen molar-refractivity contribution in [2.24, 2.45) is 0 Å². The Hall–Kier alpha value is -4.01. The molecule has 0 bridgehead atoms. The van der Waals surface area contributed by atoms with Crippen LogP contribution in [0.5, 0.6) is 23.0 Å². The van der Waals surface area contributed by atoms with Crippen molar-refractivity contribution in [3.05, 3.63) is 78.1 Å². The standard InChI is InChI=1S/C25H31N3O3.C13H16ClNO/c1-29-21-6-7-23-22(17-21)19(18-26-23)4-2-3-9-27-10-12-28(13-11-27)20-5-8-24-25(16-20)31-15-14-30-24;1-16-11-5-6-13-12(8-11)10(9-15-13)4-2-3-7-14/h5-8,16-18,26H,2-4,9-15H2,1H3;5-6,8-9,15H,2-4,7H2,1H3. The molecule has 4 heterocycles. The second-order valence-electron chi connectivity index (χ2n) is 12.2. The third kappa shape index (κ3) is 8.29. The van der Waals surface area contributed by atoms with Crippen molar-refractivity contribution in [1.29, 1.82) is 0 Å². The third-order valence-electron chi connectivity index (χ3n) is 9.21. The number of hydrogen-bond donors (Lipinski definition) is 2. The van der Waals surface area contributed by atoms with E-state index in [9.17, 15) is 0 Å². The van der Waals surface area contributed by atoms with E-state index in [0.29, 0.717) is 13.2 Å². The number of H-pyrrole nitrogens is 2. The lowest BCUT2D eigenvalue weighted by Gasteiger charge is -2.36. The summed E-state index contributed by atoms with van der Waals surface area (Å²) in [4.78, 5) is 11.7. The number of piperazine rings is 1. The molecule has 0 spiro atoms. The largest absolute Gasteiger partial charge is 0.497 e. The zero-order valence-corrected chi connectivity index (χ0v) is 28.4. The minimum atomic E-state index is 0.635. The molecule has 3 aromatic carbocycles. The lowest BCUT2D eigenvalue weighted by Crippen LogP contribution is -2.46. The number of methoxy groups -OCH3 is 2. The van der Waals surface area contributed by atoms with Gasteiger partial charge >= 0.3 is 0 Å². The van der Waals surface area contributed by atoms with Gasteiger partial charge < -0.3 is 33.8 Å². The number of ether oxygens (including phenoxy) is 4. The Balaban J connectivity index is 0.000000203. The number of anilines is 1. The van der Waals surface area contributed by atoms with E-state index < -0.39 is 0 Å². The van der Waals surface area contributed by atoms with E-state index in [-0.39, 0.29) is 0 Å². The molecule has 7 rings (SSSR count). The molecule has 0 amide bonds. The Bertz CT molecular complexity index is 1730. The van der Waals surface area contributed by atoms with Gasteiger partial charge in [-0.05, 0) is 105 Å². The highest BCUT2D eigenvalue weighted by Gasteiger charge is 2.19. The fourth-order valence-electron chi connectivity index (χ4n) is 6.50. The van der Waals surface area contributed by atoms with Crippen molar-refractivity contribution in [3.63, 3.8) is 0 Å². The van der Waals surface area contributed by atoms with Crippen molar-refractivity contribution in [2.45, 2.75) is 38.5 Å². The zero-order chi connectivity index (χ0) is 32.4. The Labute approximate surface area is 282 Å². The van der Waals surface area contributed by atoms with Gasteiger partial charge in [0.1, 0.15) is 24.7 Å². The van der Waals surface area contributed by atoms with Crippen molar-refractivity contribution in [1.82, 2.24) is 14.9 Å². The van der Waals surface area contributed by atoms with Gasteiger partial charge in [0.2, 0.25) is 0 Å². The van der Waals surface area contributed by atoms with Crippen molar-refractivity contribution >= 4 is 39.1 Å². The van der Waals surface area contributed by atoms with Gasteiger partial charge in [-0.2, -0.15) is 0 Å². The Morgan fingerprint density at radius 1 is 0.681 bits per heavy atom. The highest BCUT2D eigenvalue weighted by molar-refractivity contribution is 6.17. The molecular weight excluding hydrogens is 612 g/mol. The number of rotatable bonds is 12. The van der Waals surface area contributed by atoms with Crippen LogP contribution in [0.3, 0.4) is 0 Å². The van der Waals surface area contributed by atoms with Gasteiger partial charge in [-0.3, -0.25) is 4.90 Å². The molecule has 0 aliphatic carbocycles. The van der Waals surface area contributed by atoms with Gasteiger partial charge in [0.15, 0.2) is 11.5 Å². The molecule has 2 aliphatic rings. The molecule has 2 aromatic heterocycles. The van der Waals surface area contributed by atoms with E-state index >= 15 is 0 Å². The SMILES string of the molecule is COc1ccc2[nH]cc(CCCCCl)c2c1.COc1ccc2[nH]cc(CCCCN3CCN(c4ccc5c(c4)OCCO5)CC3)c2c1. The predicted octanol–water partition coefficient (Wildman–Crippen LogP) is 7.83. The summed E-state index contributed by atoms with van der Waals surface area (Å²) in [7, 11) is 3.42. The first-order valence-corrected chi connectivity index (χ1v) is 17.4. The van der Waals surface area contributed by atoms with Crippen LogP contribution in [-0.4, -0.2) is 80.9 Å². The fraction of sp³-hybridized carbons (Fsp3) is 0.421. The van der Waals surface area contributed by atoms with E-state index in [4.69, 9.17) is 30.5 Å². The average Bonchev–Trinajstić information content (AvgIpc) is 3.73. The summed E-state index contributed by atoms with van der Waals surface area (Å²) < 4.78 is 22.0. The van der Waals surface area contributed by atoms with Crippen LogP contribution in [0.4, 0.5) is 5.69 Å². The van der Waals surface area contributed by atoms with Crippen LogP contribution in [0.2, 0.25) is 0 Å². The van der Waals surface area contributed by atoms with Crippen molar-refractivity contribution in [3.8, 4) is 23.0 Å². The smallest absolute Gasteiger partial charge is 0.163 e. The fourth-order valence-corrected chi connectivity index (χ4v) is 6.69. The molecule has 0 unspecified atom stereocenters. The second-order valence-corrected chi connectivity index (χ2v) is 12.6. The topological polar surface area (TPSA) is 75.0 Å². The van der Waals surface area contributed by atoms with E-state index in [2.05, 4.69) is 68.6 Å². The van der Waals surface area contributed by atoms with Crippen LogP contribution in [-0.2, 0) is 12.8 Å². The monoisotopic (exact) mass is 658 g/mol. The Morgan fingerprint density at radius 2 is 1.28 bits per heavy atom. The van der Waals surface area contributed by atoms with Crippen LogP contribution >= 0.6 is 11.6 Å². The minimum Gasteiger partial charge on any atom is -0.497 e. The summed E-state index contributed by atoms with van der Waals surface area (Å²) in [6.07, 6.45) is 11.0. The maximum absolute atomic E-state index is 5.74. The highest BCUT2D eigenvalue weighted by atomic mass is 35.5. The number of alkyl halides is 1. The van der Waals surface area contributed by atoms with Gasteiger partial charge in [0.25, 0.3) is 0 Å². The molecule has 5 aromatic rings. The zero-order valence-electron chi connectivity index (χ0n) is 27.7. The molecule has 1 saturated heterocycles. The van der Waals surface area contributed by atoms with Crippen LogP contribution in [0.1, 0.15) is 36.8 Å². The Morgan fingerprint density at radius 3 is 1.87 bits per heavy atom. The van der Waals surface area contributed by atoms with Crippen LogP contribution in [0.25, 0.3) is 21.8 Å². The molecule has 47 heavy (non-hydrogen) atoms. The summed E-state index contributed by atoms with van der Waals surface area (Å²) in [6.45, 7) is 6.78. The number of fused-ring (bicyclic) bond motifs is 3. The van der Waals surface area contributed by atoms with E-state index in [1.807, 2.05) is 18.2 Å². The van der Waals surface area contributed by atoms with Crippen molar-refractivity contribution < 1.29 is 18.9 Å². The van der Waals surface area contributed by atoms with Gasteiger partial charge in [0, 0.05) is 78.0 Å². The van der Waals surface area contributed by atoms with Gasteiger partial charge in [-0.15, -0.1) is 11.6 Å². The molecule has 0 radical (unpaired) electrons. The molecule has 0 atom stereocenters. The van der Waals surface area contributed by atoms with E-state index in [1.165, 1.54) is 58.0 Å². The first-order chi connectivity index (χ1) is 23.1. The summed E-state index contributed by atoms with van der Waals surface area (Å²) in [5.41, 5.74) is 6.32. The number of hydrogen-bond acceptors (Lipinski definition) is 6. The summed E-state index contributed by atoms with van der Waals surface area (Å²) in [5, 5.41) is 2.54. The van der Waals surface area contributed by atoms with Crippen LogP contribution in [0, 0.1) is 0 Å². The van der Waals surface area contributed by atoms with E-state index in [0.717, 1.165) is 80.7 Å². The number of nitrogens with one attached hydrogen (secondary N) is 2. The summed E-state index contributed by atoms with van der Waals surface area (Å²) in [5.74, 6) is 4.31. The third-order valence-corrected chi connectivity index (χ3v) is 9.48. The molecule has 8 nitrogen and oxygen atoms in total. The van der Waals surface area contributed by atoms with Crippen LogP contribution < -0.4 is 23.8 Å². The molecule has 0 saturated carbocycles. The first-order valence-electron chi connectivity index (χ1n) is 16.9. The maximum atomic E-state index is 5.74. The molecular formula is C38H47ClN4O4. The minimum absolute atomic E-state index is 0.635. The van der Waals surface area contributed by atoms with Crippen molar-refractivity contribution in [2.75, 3.05) is 70.9 Å². The summed E-state index contributed by atoms with van der Waals surface area (Å²) in [6, 6.07) is 18.7. The molecule has 250 valence electrons. The summed E-state index contributed by atoms with van der Waals surface area (Å²) >= 11 is 5.68. The number of aryl methyl sites for hydroxylation is 2. The maximum Gasteiger partial charge on any atom is 0.163 e. The quantitative estimate of drug-likeness (QED) is 0.105. The van der Waals surface area contributed by atoms with E-state index in [1.54, 1.807) is 14.2 Å². The molecule has 2 aliphatic heterocycles. The Kier molecular flexibility index (Phi) is 11.3. The molecule has 1 fully saturated rings. The number of halogens is 1. The lowest BCUT2D eigenvalue weighted by molar-refractivity contribution is 0.171. The number of nitrogens with zero attached hydrogens (tertiary/aromatic N) is 2. The molecule has 9 heteroatoms. The average molecular weight is 659 g/mol. The molecule has 2 N–H and O–H groups in total. The first kappa shape index (κ1) is 32.9. The van der Waals surface area contributed by atoms with Gasteiger partial charge in [-0.1, -0.05) is 0 Å². The highest BCUT2D eigenvalue weighted by Crippen LogP contribution is 2.34. The number of benzene rings is 3. The second kappa shape index (κ2) is 16.2. The van der Waals surface area contributed by atoms with Crippen LogP contribution in [0.15, 0.2) is 67.0 Å². The number of aromatic nitrogens is 2. The normalized spacial score (nSPS) is 14.7. The number of aromatic amines is 2. The number of unbranched alkanes of at least 4 members (excludes halogenated alkanes) is 2. The van der Waals surface area contributed by atoms with Gasteiger partial charge in [-0.25, -0.2) is 0 Å². The predicted molar refractivity (Wildman–Crippen MR) is 192 cm³/mol. The van der Waals surface area contributed by atoms with Gasteiger partial charge in [0.05, 0.1) is 14.2 Å².